The Kier molecular flexibility index (Phi) is 5.54. The molecular weight excluding hydrogens is 356 g/mol. The molecule has 0 atom stereocenters. The number of carbonyl (C=O) groups excluding carboxylic acids is 2. The normalized spacial score (nSPS) is 10.9. The summed E-state index contributed by atoms with van der Waals surface area (Å²) in [5.74, 6) is -0.918. The fourth-order valence-corrected chi connectivity index (χ4v) is 3.30. The number of rotatable bonds is 6. The number of amides is 1. The number of carbonyl (C=O) groups is 2. The van der Waals surface area contributed by atoms with E-state index in [9.17, 15) is 18.0 Å². The van der Waals surface area contributed by atoms with Gasteiger partial charge in [0, 0.05) is 5.38 Å². The molecular formula is C14H14N2O6S2. The Morgan fingerprint density at radius 3 is 2.62 bits per heavy atom. The first-order valence-corrected chi connectivity index (χ1v) is 8.95. The number of esters is 1. The lowest BCUT2D eigenvalue weighted by molar-refractivity contribution is -0.119. The molecule has 0 aliphatic rings. The SMILES string of the molecule is COc1ccccc1NC(=O)COC(=O)c1csc(S(N)(=O)=O)c1. The van der Waals surface area contributed by atoms with E-state index in [-0.39, 0.29) is 9.77 Å². The van der Waals surface area contributed by atoms with E-state index >= 15 is 0 Å². The van der Waals surface area contributed by atoms with Gasteiger partial charge in [0.25, 0.3) is 5.91 Å². The summed E-state index contributed by atoms with van der Waals surface area (Å²) in [7, 11) is -2.41. The van der Waals surface area contributed by atoms with Crippen molar-refractivity contribution >= 4 is 38.9 Å². The zero-order valence-corrected chi connectivity index (χ0v) is 14.1. The van der Waals surface area contributed by atoms with Crippen molar-refractivity contribution in [3.05, 3.63) is 41.3 Å². The van der Waals surface area contributed by atoms with E-state index in [2.05, 4.69) is 5.32 Å². The number of ether oxygens (including phenoxy) is 2. The van der Waals surface area contributed by atoms with Crippen LogP contribution in [0.5, 0.6) is 5.75 Å². The van der Waals surface area contributed by atoms with Crippen molar-refractivity contribution in [3.63, 3.8) is 0 Å². The topological polar surface area (TPSA) is 125 Å². The number of methoxy groups -OCH3 is 1. The van der Waals surface area contributed by atoms with E-state index in [0.717, 1.165) is 17.4 Å². The van der Waals surface area contributed by atoms with Crippen molar-refractivity contribution in [2.24, 2.45) is 5.14 Å². The van der Waals surface area contributed by atoms with Crippen molar-refractivity contribution in [2.45, 2.75) is 4.21 Å². The number of primary sulfonamides is 1. The highest BCUT2D eigenvalue weighted by atomic mass is 32.2. The molecule has 0 saturated carbocycles. The number of hydrogen-bond donors (Lipinski definition) is 2. The fourth-order valence-electron chi connectivity index (χ4n) is 1.72. The highest BCUT2D eigenvalue weighted by molar-refractivity contribution is 7.91. The van der Waals surface area contributed by atoms with Gasteiger partial charge < -0.3 is 14.8 Å². The Balaban J connectivity index is 1.94. The summed E-state index contributed by atoms with van der Waals surface area (Å²) in [5, 5.41) is 8.80. The molecule has 3 N–H and O–H groups in total. The third-order valence-electron chi connectivity index (χ3n) is 2.81. The van der Waals surface area contributed by atoms with Crippen molar-refractivity contribution in [1.29, 1.82) is 0 Å². The molecule has 0 aliphatic heterocycles. The maximum atomic E-state index is 11.8. The van der Waals surface area contributed by atoms with E-state index in [1.165, 1.54) is 12.5 Å². The fraction of sp³-hybridized carbons (Fsp3) is 0.143. The van der Waals surface area contributed by atoms with Gasteiger partial charge in [0.05, 0.1) is 18.4 Å². The number of hydrogen-bond acceptors (Lipinski definition) is 7. The number of sulfonamides is 1. The van der Waals surface area contributed by atoms with Gasteiger partial charge in [-0.1, -0.05) is 12.1 Å². The molecule has 2 aromatic rings. The molecule has 0 unspecified atom stereocenters. The minimum absolute atomic E-state index is 0.00844. The second-order valence-electron chi connectivity index (χ2n) is 4.52. The first-order chi connectivity index (χ1) is 11.3. The van der Waals surface area contributed by atoms with Crippen LogP contribution in [0.3, 0.4) is 0 Å². The summed E-state index contributed by atoms with van der Waals surface area (Å²) in [5.41, 5.74) is 0.446. The average Bonchev–Trinajstić information content (AvgIpc) is 3.03. The number of thiophene rings is 1. The van der Waals surface area contributed by atoms with Crippen molar-refractivity contribution in [3.8, 4) is 5.75 Å². The number of benzene rings is 1. The number of nitrogens with two attached hydrogens (primary N) is 1. The van der Waals surface area contributed by atoms with Gasteiger partial charge in [-0.2, -0.15) is 0 Å². The van der Waals surface area contributed by atoms with Crippen LogP contribution in [-0.4, -0.2) is 34.0 Å². The van der Waals surface area contributed by atoms with Gasteiger partial charge in [-0.3, -0.25) is 4.79 Å². The largest absolute Gasteiger partial charge is 0.495 e. The van der Waals surface area contributed by atoms with Gasteiger partial charge in [-0.25, -0.2) is 18.4 Å². The predicted molar refractivity (Wildman–Crippen MR) is 87.6 cm³/mol. The van der Waals surface area contributed by atoms with Crippen LogP contribution < -0.4 is 15.2 Å². The smallest absolute Gasteiger partial charge is 0.339 e. The quantitative estimate of drug-likeness (QED) is 0.736. The third-order valence-corrected chi connectivity index (χ3v) is 5.19. The van der Waals surface area contributed by atoms with Gasteiger partial charge in [0.15, 0.2) is 6.61 Å². The van der Waals surface area contributed by atoms with Crippen LogP contribution in [0.15, 0.2) is 39.9 Å². The minimum atomic E-state index is -3.88. The van der Waals surface area contributed by atoms with E-state index < -0.39 is 28.5 Å². The van der Waals surface area contributed by atoms with Gasteiger partial charge in [-0.05, 0) is 18.2 Å². The van der Waals surface area contributed by atoms with E-state index in [1.54, 1.807) is 24.3 Å². The Bertz CT molecular complexity index is 860. The van der Waals surface area contributed by atoms with Gasteiger partial charge in [0.2, 0.25) is 10.0 Å². The molecule has 1 aromatic carbocycles. The first kappa shape index (κ1) is 17.9. The lowest BCUT2D eigenvalue weighted by Crippen LogP contribution is -2.21. The molecule has 10 heteroatoms. The summed E-state index contributed by atoms with van der Waals surface area (Å²) in [6.07, 6.45) is 0. The van der Waals surface area contributed by atoms with Crippen LogP contribution in [-0.2, 0) is 19.6 Å². The third kappa shape index (κ3) is 4.54. The Labute approximate surface area is 142 Å². The van der Waals surface area contributed by atoms with Crippen LogP contribution >= 0.6 is 11.3 Å². The molecule has 0 spiro atoms. The van der Waals surface area contributed by atoms with E-state index in [0.29, 0.717) is 11.4 Å². The molecule has 1 aromatic heterocycles. The zero-order valence-electron chi connectivity index (χ0n) is 12.5. The summed E-state index contributed by atoms with van der Waals surface area (Å²) >= 11 is 0.796. The average molecular weight is 370 g/mol. The molecule has 0 bridgehead atoms. The van der Waals surface area contributed by atoms with Crippen LogP contribution in [0, 0.1) is 0 Å². The molecule has 8 nitrogen and oxygen atoms in total. The van der Waals surface area contributed by atoms with Crippen LogP contribution in [0.2, 0.25) is 0 Å². The van der Waals surface area contributed by atoms with Crippen molar-refractivity contribution in [1.82, 2.24) is 0 Å². The predicted octanol–water partition coefficient (Wildman–Crippen LogP) is 1.20. The van der Waals surface area contributed by atoms with Crippen LogP contribution in [0.25, 0.3) is 0 Å². The summed E-state index contributed by atoms with van der Waals surface area (Å²) in [6, 6.07) is 7.86. The molecule has 1 amide bonds. The molecule has 24 heavy (non-hydrogen) atoms. The standard InChI is InChI=1S/C14H14N2O6S2/c1-21-11-5-3-2-4-10(11)16-12(17)7-22-14(18)9-6-13(23-8-9)24(15,19)20/h2-6,8H,7H2,1H3,(H,16,17)(H2,15,19,20). The van der Waals surface area contributed by atoms with Gasteiger partial charge >= 0.3 is 5.97 Å². The molecule has 0 radical (unpaired) electrons. The van der Waals surface area contributed by atoms with Crippen LogP contribution in [0.4, 0.5) is 5.69 Å². The minimum Gasteiger partial charge on any atom is -0.495 e. The summed E-state index contributed by atoms with van der Waals surface area (Å²) in [4.78, 5) is 23.6. The highest BCUT2D eigenvalue weighted by Crippen LogP contribution is 2.23. The summed E-state index contributed by atoms with van der Waals surface area (Å²) < 4.78 is 32.1. The Morgan fingerprint density at radius 2 is 2.00 bits per heavy atom. The molecule has 0 fully saturated rings. The maximum Gasteiger partial charge on any atom is 0.339 e. The number of nitrogens with one attached hydrogen (secondary N) is 1. The Morgan fingerprint density at radius 1 is 1.29 bits per heavy atom. The van der Waals surface area contributed by atoms with Crippen molar-refractivity contribution in [2.75, 3.05) is 19.0 Å². The second kappa shape index (κ2) is 7.43. The van der Waals surface area contributed by atoms with E-state index in [4.69, 9.17) is 14.6 Å². The molecule has 0 saturated heterocycles. The van der Waals surface area contributed by atoms with Crippen LogP contribution in [0.1, 0.15) is 10.4 Å². The molecule has 128 valence electrons. The lowest BCUT2D eigenvalue weighted by Gasteiger charge is -2.09. The Hall–Kier alpha value is -2.43. The number of anilines is 1. The molecule has 1 heterocycles. The van der Waals surface area contributed by atoms with Gasteiger partial charge in [-0.15, -0.1) is 11.3 Å². The zero-order chi connectivity index (χ0) is 17.7. The number of para-hydroxylation sites is 2. The first-order valence-electron chi connectivity index (χ1n) is 6.52. The highest BCUT2D eigenvalue weighted by Gasteiger charge is 2.17. The molecule has 0 aliphatic carbocycles. The monoisotopic (exact) mass is 370 g/mol. The van der Waals surface area contributed by atoms with E-state index in [1.807, 2.05) is 0 Å². The lowest BCUT2D eigenvalue weighted by atomic mass is 10.3. The van der Waals surface area contributed by atoms with Crippen molar-refractivity contribution < 1.29 is 27.5 Å². The summed E-state index contributed by atoms with van der Waals surface area (Å²) in [6.45, 7) is -0.530. The molecule has 2 rings (SSSR count). The second-order valence-corrected chi connectivity index (χ2v) is 7.22. The van der Waals surface area contributed by atoms with Gasteiger partial charge in [0.1, 0.15) is 9.96 Å². The maximum absolute atomic E-state index is 11.8.